The molecule has 13 nitrogen and oxygen atoms in total. The molecule has 2 unspecified atom stereocenters. The minimum Gasteiger partial charge on any atom is -0.480 e. The van der Waals surface area contributed by atoms with Gasteiger partial charge >= 0.3 is 5.97 Å². The first-order valence-corrected chi connectivity index (χ1v) is 19.0. The molecule has 1 saturated heterocycles. The van der Waals surface area contributed by atoms with E-state index in [1.165, 1.54) is 5.56 Å². The second-order valence-electron chi connectivity index (χ2n) is 15.1. The summed E-state index contributed by atoms with van der Waals surface area (Å²) in [4.78, 5) is 68.5. The summed E-state index contributed by atoms with van der Waals surface area (Å²) < 4.78 is 0. The maximum Gasteiger partial charge on any atom is 0.324 e. The highest BCUT2D eigenvalue weighted by molar-refractivity contribution is 5.94. The Morgan fingerprint density at radius 1 is 0.811 bits per heavy atom. The molecule has 53 heavy (non-hydrogen) atoms. The van der Waals surface area contributed by atoms with Crippen molar-refractivity contribution in [2.75, 3.05) is 39.8 Å². The molecule has 3 atom stereocenters. The van der Waals surface area contributed by atoms with E-state index in [2.05, 4.69) is 38.7 Å². The van der Waals surface area contributed by atoms with E-state index in [9.17, 15) is 29.1 Å². The highest BCUT2D eigenvalue weighted by Crippen LogP contribution is 2.47. The Balaban J connectivity index is 1.43. The number of carboxylic acid groups (broad SMARTS) is 1. The Kier molecular flexibility index (Phi) is 15.4. The van der Waals surface area contributed by atoms with Crippen molar-refractivity contribution in [3.05, 3.63) is 71.8 Å². The molecule has 1 saturated carbocycles. The number of unbranched alkanes of at least 4 members (excludes halogenated alkanes) is 1. The van der Waals surface area contributed by atoms with E-state index in [1.54, 1.807) is 11.9 Å². The van der Waals surface area contributed by atoms with E-state index < -0.39 is 41.4 Å². The minimum atomic E-state index is -1.11. The second kappa shape index (κ2) is 19.7. The number of likely N-dealkylation sites (tertiary alicyclic amines) is 1. The molecule has 4 rings (SSSR count). The van der Waals surface area contributed by atoms with Crippen LogP contribution in [0.15, 0.2) is 60.7 Å². The summed E-state index contributed by atoms with van der Waals surface area (Å²) in [7, 11) is 1.60. The summed E-state index contributed by atoms with van der Waals surface area (Å²) in [5.41, 5.74) is 6.74. The van der Waals surface area contributed by atoms with Crippen molar-refractivity contribution in [2.24, 2.45) is 11.7 Å². The van der Waals surface area contributed by atoms with Gasteiger partial charge in [0, 0.05) is 31.5 Å². The standard InChI is InChI=1S/C40H59N7O6/c1-28(2)24-32(35(49)45-31(16-10-11-21-41)37(51)47-22-19-40(42-3,20-23-47)38(52)53)46-36(50)33(25-29-12-6-4-7-13-29)44-34(48)26-43-27-39(17-18-39)30-14-8-5-9-15-30/h4-9,12-15,28,31-33,42-43H,10-11,16-27,41H2,1-3H3,(H,44,48)(H,45,49)(H,46,50)(H,52,53)/t31?,32-,33?/m1/s1. The number of carbonyl (C=O) groups excluding carboxylic acids is 4. The summed E-state index contributed by atoms with van der Waals surface area (Å²) in [6, 6.07) is 16.8. The molecule has 2 aliphatic rings. The number of hydrogen-bond donors (Lipinski definition) is 7. The third kappa shape index (κ3) is 11.8. The van der Waals surface area contributed by atoms with Crippen LogP contribution in [0.25, 0.3) is 0 Å². The molecule has 2 aromatic rings. The van der Waals surface area contributed by atoms with Gasteiger partial charge in [-0.1, -0.05) is 74.5 Å². The van der Waals surface area contributed by atoms with Crippen LogP contribution in [0.4, 0.5) is 0 Å². The fourth-order valence-electron chi connectivity index (χ4n) is 7.13. The largest absolute Gasteiger partial charge is 0.480 e. The number of likely N-dealkylation sites (N-methyl/N-ethyl adjacent to an activating group) is 1. The molecule has 1 heterocycles. The lowest BCUT2D eigenvalue weighted by molar-refractivity contribution is -0.149. The van der Waals surface area contributed by atoms with E-state index in [-0.39, 0.29) is 62.0 Å². The van der Waals surface area contributed by atoms with Gasteiger partial charge in [-0.3, -0.25) is 24.0 Å². The van der Waals surface area contributed by atoms with Crippen molar-refractivity contribution in [1.29, 1.82) is 0 Å². The average Bonchev–Trinajstić information content (AvgIpc) is 3.95. The van der Waals surface area contributed by atoms with Gasteiger partial charge in [0.05, 0.1) is 6.54 Å². The summed E-state index contributed by atoms with van der Waals surface area (Å²) in [5.74, 6) is -2.54. The number of nitrogens with one attached hydrogen (secondary N) is 5. The molecule has 0 radical (unpaired) electrons. The minimum absolute atomic E-state index is 0.0209. The number of carboxylic acids is 1. The van der Waals surface area contributed by atoms with Crippen LogP contribution in [0.3, 0.4) is 0 Å². The van der Waals surface area contributed by atoms with Gasteiger partial charge in [0.25, 0.3) is 0 Å². The van der Waals surface area contributed by atoms with Gasteiger partial charge in [-0.05, 0) is 82.0 Å². The van der Waals surface area contributed by atoms with Crippen molar-refractivity contribution in [1.82, 2.24) is 31.5 Å². The number of benzene rings is 2. The summed E-state index contributed by atoms with van der Waals surface area (Å²) in [5, 5.41) is 24.7. The van der Waals surface area contributed by atoms with Crippen LogP contribution in [0, 0.1) is 5.92 Å². The van der Waals surface area contributed by atoms with Gasteiger partial charge in [0.2, 0.25) is 23.6 Å². The molecule has 8 N–H and O–H groups in total. The Labute approximate surface area is 313 Å². The number of nitrogens with zero attached hydrogens (tertiary/aromatic N) is 1. The van der Waals surface area contributed by atoms with Crippen molar-refractivity contribution in [3.8, 4) is 0 Å². The number of piperidine rings is 1. The molecule has 1 aliphatic carbocycles. The maximum atomic E-state index is 14.0. The van der Waals surface area contributed by atoms with Gasteiger partial charge < -0.3 is 42.3 Å². The van der Waals surface area contributed by atoms with Crippen molar-refractivity contribution in [2.45, 2.75) is 101 Å². The smallest absolute Gasteiger partial charge is 0.324 e. The first-order valence-electron chi connectivity index (χ1n) is 19.0. The predicted molar refractivity (Wildman–Crippen MR) is 204 cm³/mol. The van der Waals surface area contributed by atoms with Gasteiger partial charge in [-0.2, -0.15) is 0 Å². The normalized spacial score (nSPS) is 17.6. The molecular formula is C40H59N7O6. The Hall–Kier alpha value is -4.33. The van der Waals surface area contributed by atoms with Crippen molar-refractivity contribution >= 4 is 29.6 Å². The number of amides is 4. The van der Waals surface area contributed by atoms with E-state index in [0.29, 0.717) is 38.8 Å². The molecule has 13 heteroatoms. The van der Waals surface area contributed by atoms with Gasteiger partial charge in [0.1, 0.15) is 23.7 Å². The molecule has 1 aliphatic heterocycles. The molecule has 2 fully saturated rings. The first-order chi connectivity index (χ1) is 25.4. The zero-order valence-electron chi connectivity index (χ0n) is 31.5. The maximum absolute atomic E-state index is 14.0. The Morgan fingerprint density at radius 2 is 1.42 bits per heavy atom. The molecule has 290 valence electrons. The highest BCUT2D eigenvalue weighted by Gasteiger charge is 2.44. The molecule has 0 aromatic heterocycles. The van der Waals surface area contributed by atoms with Crippen LogP contribution in [0.5, 0.6) is 0 Å². The number of nitrogens with two attached hydrogens (primary N) is 1. The van der Waals surface area contributed by atoms with E-state index >= 15 is 0 Å². The highest BCUT2D eigenvalue weighted by atomic mass is 16.4. The van der Waals surface area contributed by atoms with Gasteiger partial charge in [-0.25, -0.2) is 0 Å². The molecule has 0 spiro atoms. The lowest BCUT2D eigenvalue weighted by Crippen LogP contribution is -2.61. The van der Waals surface area contributed by atoms with E-state index in [1.807, 2.05) is 62.4 Å². The number of aliphatic carboxylic acids is 1. The zero-order valence-corrected chi connectivity index (χ0v) is 31.5. The van der Waals surface area contributed by atoms with Crippen LogP contribution in [0.1, 0.15) is 76.3 Å². The monoisotopic (exact) mass is 733 g/mol. The Morgan fingerprint density at radius 3 is 1.98 bits per heavy atom. The van der Waals surface area contributed by atoms with Crippen molar-refractivity contribution < 1.29 is 29.1 Å². The SMILES string of the molecule is CNC1(C(=O)O)CCN(C(=O)C(CCCCN)NC(=O)[C@@H](CC(C)C)NC(=O)C(Cc2ccccc2)NC(=O)CNCC2(c3ccccc3)CC2)CC1. The molecule has 0 bridgehead atoms. The fraction of sp³-hybridized carbons (Fsp3) is 0.575. The molecule has 4 amide bonds. The topological polar surface area (TPSA) is 195 Å². The average molecular weight is 734 g/mol. The molecule has 2 aromatic carbocycles. The summed E-state index contributed by atoms with van der Waals surface area (Å²) >= 11 is 0. The lowest BCUT2D eigenvalue weighted by atomic mass is 9.87. The van der Waals surface area contributed by atoms with Crippen LogP contribution in [0.2, 0.25) is 0 Å². The summed E-state index contributed by atoms with van der Waals surface area (Å²) in [6.07, 6.45) is 4.70. The van der Waals surface area contributed by atoms with Gasteiger partial charge in [0.15, 0.2) is 0 Å². The third-order valence-electron chi connectivity index (χ3n) is 10.6. The quantitative estimate of drug-likeness (QED) is 0.0938. The van der Waals surface area contributed by atoms with Crippen LogP contribution >= 0.6 is 0 Å². The van der Waals surface area contributed by atoms with E-state index in [0.717, 1.165) is 18.4 Å². The van der Waals surface area contributed by atoms with Gasteiger partial charge in [-0.15, -0.1) is 0 Å². The third-order valence-corrected chi connectivity index (χ3v) is 10.6. The number of carbonyl (C=O) groups is 5. The summed E-state index contributed by atoms with van der Waals surface area (Å²) in [6.45, 7) is 5.46. The molecular weight excluding hydrogens is 674 g/mol. The number of rotatable bonds is 21. The second-order valence-corrected chi connectivity index (χ2v) is 15.1. The zero-order chi connectivity index (χ0) is 38.4. The van der Waals surface area contributed by atoms with Crippen LogP contribution in [-0.4, -0.2) is 103 Å². The Bertz CT molecular complexity index is 1510. The first kappa shape index (κ1) is 41.4. The predicted octanol–water partition coefficient (Wildman–Crippen LogP) is 1.85. The van der Waals surface area contributed by atoms with Crippen LogP contribution in [-0.2, 0) is 35.8 Å². The lowest BCUT2D eigenvalue weighted by Gasteiger charge is -2.40. The van der Waals surface area contributed by atoms with Crippen LogP contribution < -0.4 is 32.3 Å². The number of hydrogen-bond acceptors (Lipinski definition) is 8. The fourth-order valence-corrected chi connectivity index (χ4v) is 7.13. The van der Waals surface area contributed by atoms with E-state index in [4.69, 9.17) is 5.73 Å². The van der Waals surface area contributed by atoms with Crippen molar-refractivity contribution in [3.63, 3.8) is 0 Å².